The highest BCUT2D eigenvalue weighted by molar-refractivity contribution is 8.18. The molecule has 1 aliphatic heterocycles. The van der Waals surface area contributed by atoms with Crippen LogP contribution in [0.4, 0.5) is 5.69 Å². The monoisotopic (exact) mass is 463 g/mol. The average molecular weight is 464 g/mol. The van der Waals surface area contributed by atoms with Crippen molar-refractivity contribution in [3.05, 3.63) is 37.7 Å². The number of phenols is 1. The lowest BCUT2D eigenvalue weighted by Gasteiger charge is -2.31. The van der Waals surface area contributed by atoms with Gasteiger partial charge in [-0.2, -0.15) is 0 Å². The topological polar surface area (TPSA) is 96.0 Å². The molecular weight excluding hydrogens is 438 g/mol. The molecule has 0 spiro atoms. The van der Waals surface area contributed by atoms with Crippen LogP contribution >= 0.6 is 23.4 Å². The van der Waals surface area contributed by atoms with E-state index in [1.165, 1.54) is 36.7 Å². The molecule has 0 atom stereocenters. The third-order valence-electron chi connectivity index (χ3n) is 6.21. The molecule has 166 valence electrons. The number of benzene rings is 1. The first-order chi connectivity index (χ1) is 14.9. The quantitative estimate of drug-likeness (QED) is 0.341. The van der Waals surface area contributed by atoms with Crippen molar-refractivity contribution in [3.63, 3.8) is 0 Å². The summed E-state index contributed by atoms with van der Waals surface area (Å²) in [5, 5.41) is 22.4. The molecule has 3 fully saturated rings. The van der Waals surface area contributed by atoms with Crippen LogP contribution in [0.15, 0.2) is 22.0 Å². The molecule has 31 heavy (non-hydrogen) atoms. The van der Waals surface area contributed by atoms with Gasteiger partial charge in [0.25, 0.3) is 5.91 Å². The number of rotatable bonds is 4. The van der Waals surface area contributed by atoms with Crippen molar-refractivity contribution < 1.29 is 14.8 Å². The second kappa shape index (κ2) is 9.61. The van der Waals surface area contributed by atoms with Crippen LogP contribution in [0.3, 0.4) is 0 Å². The SMILES string of the molecule is O=C1C(=Cc2cc(Cl)cc([N+](=O)[O-])c2O)SC(=NC2CCCCC2)N1C1CCCCC1. The van der Waals surface area contributed by atoms with Crippen LogP contribution in [0.1, 0.15) is 69.8 Å². The van der Waals surface area contributed by atoms with E-state index in [4.69, 9.17) is 16.6 Å². The van der Waals surface area contributed by atoms with E-state index in [1.807, 2.05) is 4.90 Å². The Hall–Kier alpha value is -2.06. The number of carbonyl (C=O) groups is 1. The molecular formula is C22H26ClN3O4S. The number of hydrogen-bond acceptors (Lipinski definition) is 6. The molecule has 1 heterocycles. The summed E-state index contributed by atoms with van der Waals surface area (Å²) in [5.74, 6) is -0.634. The number of nitrogens with zero attached hydrogens (tertiary/aromatic N) is 3. The van der Waals surface area contributed by atoms with Gasteiger partial charge in [-0.15, -0.1) is 0 Å². The van der Waals surface area contributed by atoms with E-state index in [9.17, 15) is 20.0 Å². The first kappa shape index (κ1) is 22.1. The fourth-order valence-corrected chi connectivity index (χ4v) is 5.92. The summed E-state index contributed by atoms with van der Waals surface area (Å²) < 4.78 is 0. The maximum atomic E-state index is 13.4. The van der Waals surface area contributed by atoms with Gasteiger partial charge < -0.3 is 5.11 Å². The Morgan fingerprint density at radius 2 is 1.77 bits per heavy atom. The van der Waals surface area contributed by atoms with Crippen LogP contribution in [-0.4, -0.2) is 38.1 Å². The van der Waals surface area contributed by atoms with Crippen LogP contribution in [0.2, 0.25) is 5.02 Å². The Labute approximate surface area is 190 Å². The molecule has 9 heteroatoms. The fourth-order valence-electron chi connectivity index (χ4n) is 4.60. The first-order valence-electron chi connectivity index (χ1n) is 10.9. The molecule has 1 amide bonds. The average Bonchev–Trinajstić information content (AvgIpc) is 3.06. The summed E-state index contributed by atoms with van der Waals surface area (Å²) in [6.45, 7) is 0. The van der Waals surface area contributed by atoms with Crippen LogP contribution in [0.25, 0.3) is 6.08 Å². The lowest BCUT2D eigenvalue weighted by atomic mass is 9.94. The number of amides is 1. The van der Waals surface area contributed by atoms with Crippen molar-refractivity contribution in [2.45, 2.75) is 76.3 Å². The van der Waals surface area contributed by atoms with Gasteiger partial charge in [0.15, 0.2) is 5.17 Å². The summed E-state index contributed by atoms with van der Waals surface area (Å²) in [6, 6.07) is 2.90. The largest absolute Gasteiger partial charge is 0.502 e. The van der Waals surface area contributed by atoms with E-state index in [-0.39, 0.29) is 28.6 Å². The minimum Gasteiger partial charge on any atom is -0.502 e. The smallest absolute Gasteiger partial charge is 0.312 e. The zero-order valence-electron chi connectivity index (χ0n) is 17.3. The lowest BCUT2D eigenvalue weighted by molar-refractivity contribution is -0.385. The van der Waals surface area contributed by atoms with E-state index >= 15 is 0 Å². The molecule has 4 rings (SSSR count). The van der Waals surface area contributed by atoms with Gasteiger partial charge in [0.2, 0.25) is 5.75 Å². The third-order valence-corrected chi connectivity index (χ3v) is 7.43. The van der Waals surface area contributed by atoms with E-state index in [2.05, 4.69) is 0 Å². The minimum atomic E-state index is -0.683. The zero-order chi connectivity index (χ0) is 22.0. The van der Waals surface area contributed by atoms with Gasteiger partial charge in [-0.25, -0.2) is 0 Å². The Morgan fingerprint density at radius 3 is 2.42 bits per heavy atom. The van der Waals surface area contributed by atoms with Crippen LogP contribution < -0.4 is 0 Å². The molecule has 2 saturated carbocycles. The molecule has 1 aromatic rings. The first-order valence-corrected chi connectivity index (χ1v) is 12.1. The van der Waals surface area contributed by atoms with Gasteiger partial charge in [-0.3, -0.25) is 24.8 Å². The number of hydrogen-bond donors (Lipinski definition) is 1. The summed E-state index contributed by atoms with van der Waals surface area (Å²) in [4.78, 5) is 31.1. The summed E-state index contributed by atoms with van der Waals surface area (Å²) in [5.41, 5.74) is -0.312. The summed E-state index contributed by atoms with van der Waals surface area (Å²) in [6.07, 6.45) is 12.4. The summed E-state index contributed by atoms with van der Waals surface area (Å²) in [7, 11) is 0. The number of nitro benzene ring substituents is 1. The van der Waals surface area contributed by atoms with Crippen LogP contribution in [0.5, 0.6) is 5.75 Å². The van der Waals surface area contributed by atoms with Gasteiger partial charge in [0.05, 0.1) is 15.9 Å². The number of thioether (sulfide) groups is 1. The van der Waals surface area contributed by atoms with E-state index in [0.717, 1.165) is 62.6 Å². The number of halogens is 1. The Bertz CT molecular complexity index is 937. The molecule has 1 N–H and O–H groups in total. The molecule has 0 aromatic heterocycles. The molecule has 7 nitrogen and oxygen atoms in total. The normalized spacial score (nSPS) is 23.8. The van der Waals surface area contributed by atoms with Crippen molar-refractivity contribution in [1.29, 1.82) is 0 Å². The lowest BCUT2D eigenvalue weighted by Crippen LogP contribution is -2.41. The molecule has 2 aliphatic carbocycles. The van der Waals surface area contributed by atoms with E-state index < -0.39 is 16.4 Å². The van der Waals surface area contributed by atoms with Crippen molar-refractivity contribution in [2.24, 2.45) is 4.99 Å². The standard InChI is InChI=1S/C22H26ClN3O4S/c23-15-11-14(20(27)18(13-15)26(29)30)12-19-21(28)25(17-9-5-2-6-10-17)22(31-19)24-16-7-3-1-4-8-16/h11-13,16-17,27H,1-10H2. The number of aromatic hydroxyl groups is 1. The van der Waals surface area contributed by atoms with Crippen molar-refractivity contribution >= 4 is 46.2 Å². The third kappa shape index (κ3) is 4.90. The molecule has 3 aliphatic rings. The second-order valence-corrected chi connectivity index (χ2v) is 9.85. The van der Waals surface area contributed by atoms with Crippen molar-refractivity contribution in [1.82, 2.24) is 4.90 Å². The van der Waals surface area contributed by atoms with E-state index in [1.54, 1.807) is 0 Å². The number of phenolic OH excluding ortho intramolecular Hbond substituents is 1. The predicted molar refractivity (Wildman–Crippen MR) is 123 cm³/mol. The minimum absolute atomic E-state index is 0.129. The molecule has 1 saturated heterocycles. The number of carbonyl (C=O) groups excluding carboxylic acids is 1. The number of aliphatic imine (C=N–C) groups is 1. The highest BCUT2D eigenvalue weighted by atomic mass is 35.5. The van der Waals surface area contributed by atoms with Gasteiger partial charge in [-0.1, -0.05) is 50.1 Å². The van der Waals surface area contributed by atoms with Gasteiger partial charge in [-0.05, 0) is 49.6 Å². The molecule has 0 bridgehead atoms. The zero-order valence-corrected chi connectivity index (χ0v) is 18.8. The van der Waals surface area contributed by atoms with Crippen molar-refractivity contribution in [2.75, 3.05) is 0 Å². The van der Waals surface area contributed by atoms with Gasteiger partial charge >= 0.3 is 5.69 Å². The van der Waals surface area contributed by atoms with E-state index in [0.29, 0.717) is 4.91 Å². The molecule has 0 radical (unpaired) electrons. The highest BCUT2D eigenvalue weighted by Gasteiger charge is 2.39. The molecule has 0 unspecified atom stereocenters. The number of nitro groups is 1. The Kier molecular flexibility index (Phi) is 6.86. The molecule has 1 aromatic carbocycles. The highest BCUT2D eigenvalue weighted by Crippen LogP contribution is 2.41. The second-order valence-electron chi connectivity index (χ2n) is 8.40. The Morgan fingerprint density at radius 1 is 1.13 bits per heavy atom. The van der Waals surface area contributed by atoms with Gasteiger partial charge in [0.1, 0.15) is 0 Å². The van der Waals surface area contributed by atoms with Crippen LogP contribution in [0, 0.1) is 10.1 Å². The maximum Gasteiger partial charge on any atom is 0.312 e. The number of amidine groups is 1. The van der Waals surface area contributed by atoms with Gasteiger partial charge in [0, 0.05) is 22.7 Å². The van der Waals surface area contributed by atoms with Crippen molar-refractivity contribution in [3.8, 4) is 5.75 Å². The van der Waals surface area contributed by atoms with Crippen LogP contribution in [-0.2, 0) is 4.79 Å². The predicted octanol–water partition coefficient (Wildman–Crippen LogP) is 5.89. The Balaban J connectivity index is 1.70. The maximum absolute atomic E-state index is 13.4. The summed E-state index contributed by atoms with van der Waals surface area (Å²) >= 11 is 7.33. The fraction of sp³-hybridized carbons (Fsp3) is 0.545.